The Kier molecular flexibility index (Phi) is 3.35. The van der Waals surface area contributed by atoms with Crippen LogP contribution in [0.15, 0.2) is 22.8 Å². The minimum atomic E-state index is 0.391. The van der Waals surface area contributed by atoms with Gasteiger partial charge >= 0.3 is 0 Å². The van der Waals surface area contributed by atoms with Gasteiger partial charge in [-0.2, -0.15) is 0 Å². The molecule has 0 radical (unpaired) electrons. The zero-order valence-electron chi connectivity index (χ0n) is 10.5. The predicted octanol–water partition coefficient (Wildman–Crippen LogP) is 3.04. The van der Waals surface area contributed by atoms with Crippen molar-refractivity contribution in [1.29, 1.82) is 0 Å². The van der Waals surface area contributed by atoms with Gasteiger partial charge in [0.1, 0.15) is 0 Å². The van der Waals surface area contributed by atoms with Gasteiger partial charge in [-0.1, -0.05) is 29.3 Å². The van der Waals surface area contributed by atoms with Crippen molar-refractivity contribution in [3.05, 3.63) is 28.6 Å². The molecule has 1 fully saturated rings. The van der Waals surface area contributed by atoms with Crippen LogP contribution in [0.1, 0.15) is 38.1 Å². The van der Waals surface area contributed by atoms with Gasteiger partial charge in [-0.25, -0.2) is 9.50 Å². The van der Waals surface area contributed by atoms with Gasteiger partial charge in [-0.05, 0) is 38.1 Å². The maximum atomic E-state index is 4.68. The largest absolute Gasteiger partial charge is 0.294 e. The first-order valence-corrected chi connectivity index (χ1v) is 7.33. The molecular weight excluding hydrogens is 292 g/mol. The number of aromatic nitrogens is 3. The molecule has 1 aliphatic rings. The number of halogens is 1. The second-order valence-electron chi connectivity index (χ2n) is 4.76. The van der Waals surface area contributed by atoms with Crippen LogP contribution < -0.4 is 0 Å². The molecule has 0 N–H and O–H groups in total. The third kappa shape index (κ3) is 2.17. The summed E-state index contributed by atoms with van der Waals surface area (Å²) in [6.45, 7) is 4.45. The average Bonchev–Trinajstić information content (AvgIpc) is 2.81. The van der Waals surface area contributed by atoms with Gasteiger partial charge in [-0.3, -0.25) is 4.90 Å². The summed E-state index contributed by atoms with van der Waals surface area (Å²) in [6, 6.07) is 4.39. The van der Waals surface area contributed by atoms with E-state index in [0.29, 0.717) is 6.04 Å². The fraction of sp³-hybridized carbons (Fsp3) is 0.538. The zero-order chi connectivity index (χ0) is 12.5. The van der Waals surface area contributed by atoms with Gasteiger partial charge in [0.25, 0.3) is 0 Å². The molecule has 3 heterocycles. The van der Waals surface area contributed by atoms with Crippen LogP contribution in [0.4, 0.5) is 0 Å². The van der Waals surface area contributed by atoms with E-state index in [-0.39, 0.29) is 0 Å². The Balaban J connectivity index is 1.97. The van der Waals surface area contributed by atoms with Crippen molar-refractivity contribution in [2.75, 3.05) is 13.1 Å². The van der Waals surface area contributed by atoms with Crippen LogP contribution in [0, 0.1) is 0 Å². The number of hydrogen-bond acceptors (Lipinski definition) is 3. The van der Waals surface area contributed by atoms with Gasteiger partial charge in [0.05, 0.1) is 6.04 Å². The van der Waals surface area contributed by atoms with E-state index in [4.69, 9.17) is 0 Å². The van der Waals surface area contributed by atoms with E-state index < -0.39 is 0 Å². The number of piperidine rings is 1. The maximum Gasteiger partial charge on any atom is 0.168 e. The SMILES string of the molecule is CCN1CCCCC1c1nc2cc(Br)ccn2n1. The molecule has 1 aliphatic heterocycles. The first-order valence-electron chi connectivity index (χ1n) is 6.54. The second kappa shape index (κ2) is 4.97. The van der Waals surface area contributed by atoms with E-state index in [2.05, 4.69) is 37.8 Å². The maximum absolute atomic E-state index is 4.68. The van der Waals surface area contributed by atoms with Gasteiger partial charge in [0, 0.05) is 10.7 Å². The highest BCUT2D eigenvalue weighted by molar-refractivity contribution is 9.10. The molecule has 1 unspecified atom stereocenters. The van der Waals surface area contributed by atoms with E-state index in [1.165, 1.54) is 25.8 Å². The molecule has 0 bridgehead atoms. The molecular formula is C13H17BrN4. The number of fused-ring (bicyclic) bond motifs is 1. The second-order valence-corrected chi connectivity index (χ2v) is 5.67. The van der Waals surface area contributed by atoms with Crippen molar-refractivity contribution < 1.29 is 0 Å². The molecule has 0 amide bonds. The van der Waals surface area contributed by atoms with E-state index in [1.54, 1.807) is 0 Å². The van der Waals surface area contributed by atoms with E-state index >= 15 is 0 Å². The van der Waals surface area contributed by atoms with Crippen molar-refractivity contribution >= 4 is 21.6 Å². The molecule has 5 heteroatoms. The Labute approximate surface area is 115 Å². The smallest absolute Gasteiger partial charge is 0.168 e. The third-order valence-electron chi connectivity index (χ3n) is 3.63. The highest BCUT2D eigenvalue weighted by Gasteiger charge is 2.26. The molecule has 2 aromatic heterocycles. The van der Waals surface area contributed by atoms with Crippen LogP contribution in [-0.4, -0.2) is 32.6 Å². The van der Waals surface area contributed by atoms with Gasteiger partial charge in [0.15, 0.2) is 11.5 Å². The predicted molar refractivity (Wildman–Crippen MR) is 74.5 cm³/mol. The molecule has 4 nitrogen and oxygen atoms in total. The summed E-state index contributed by atoms with van der Waals surface area (Å²) in [5.74, 6) is 0.967. The number of pyridine rings is 1. The third-order valence-corrected chi connectivity index (χ3v) is 4.13. The Morgan fingerprint density at radius 3 is 3.17 bits per heavy atom. The van der Waals surface area contributed by atoms with Crippen LogP contribution in [0.2, 0.25) is 0 Å². The molecule has 0 spiro atoms. The van der Waals surface area contributed by atoms with Crippen LogP contribution in [0.25, 0.3) is 5.65 Å². The first-order chi connectivity index (χ1) is 8.78. The topological polar surface area (TPSA) is 33.4 Å². The fourth-order valence-electron chi connectivity index (χ4n) is 2.68. The molecule has 0 saturated carbocycles. The Morgan fingerprint density at radius 1 is 1.44 bits per heavy atom. The molecule has 0 aliphatic carbocycles. The molecule has 3 rings (SSSR count). The number of likely N-dealkylation sites (tertiary alicyclic amines) is 1. The van der Waals surface area contributed by atoms with Crippen LogP contribution in [0.3, 0.4) is 0 Å². The van der Waals surface area contributed by atoms with E-state index in [9.17, 15) is 0 Å². The van der Waals surface area contributed by atoms with Crippen LogP contribution in [0.5, 0.6) is 0 Å². The summed E-state index contributed by atoms with van der Waals surface area (Å²) in [4.78, 5) is 7.16. The monoisotopic (exact) mass is 308 g/mol. The Morgan fingerprint density at radius 2 is 2.33 bits per heavy atom. The Hall–Kier alpha value is -0.940. The van der Waals surface area contributed by atoms with Gasteiger partial charge < -0.3 is 0 Å². The van der Waals surface area contributed by atoms with Gasteiger partial charge in [0.2, 0.25) is 0 Å². The molecule has 96 valence electrons. The van der Waals surface area contributed by atoms with Crippen LogP contribution in [-0.2, 0) is 0 Å². The summed E-state index contributed by atoms with van der Waals surface area (Å²) >= 11 is 3.47. The number of hydrogen-bond donors (Lipinski definition) is 0. The first kappa shape index (κ1) is 12.1. The highest BCUT2D eigenvalue weighted by atomic mass is 79.9. The van der Waals surface area contributed by atoms with Crippen molar-refractivity contribution in [3.63, 3.8) is 0 Å². The highest BCUT2D eigenvalue weighted by Crippen LogP contribution is 2.28. The average molecular weight is 309 g/mol. The van der Waals surface area contributed by atoms with Crippen molar-refractivity contribution in [2.45, 2.75) is 32.2 Å². The molecule has 18 heavy (non-hydrogen) atoms. The standard InChI is InChI=1S/C13H17BrN4/c1-2-17-7-4-3-5-11(17)13-15-12-9-10(14)6-8-18(12)16-13/h6,8-9,11H,2-5,7H2,1H3. The summed E-state index contributed by atoms with van der Waals surface area (Å²) in [5, 5.41) is 4.62. The molecule has 1 atom stereocenters. The minimum Gasteiger partial charge on any atom is -0.294 e. The van der Waals surface area contributed by atoms with Crippen molar-refractivity contribution in [1.82, 2.24) is 19.5 Å². The quantitative estimate of drug-likeness (QED) is 0.855. The Bertz CT molecular complexity index is 551. The lowest BCUT2D eigenvalue weighted by molar-refractivity contribution is 0.150. The lowest BCUT2D eigenvalue weighted by atomic mass is 10.0. The summed E-state index contributed by atoms with van der Waals surface area (Å²) in [7, 11) is 0. The minimum absolute atomic E-state index is 0.391. The molecule has 2 aromatic rings. The normalized spacial score (nSPS) is 21.6. The lowest BCUT2D eigenvalue weighted by Crippen LogP contribution is -2.33. The molecule has 1 saturated heterocycles. The summed E-state index contributed by atoms with van der Waals surface area (Å²) < 4.78 is 2.91. The summed E-state index contributed by atoms with van der Waals surface area (Å²) in [6.07, 6.45) is 5.70. The zero-order valence-corrected chi connectivity index (χ0v) is 12.1. The van der Waals surface area contributed by atoms with Crippen molar-refractivity contribution in [2.24, 2.45) is 0 Å². The number of rotatable bonds is 2. The van der Waals surface area contributed by atoms with E-state index in [1.807, 2.05) is 22.8 Å². The molecule has 0 aromatic carbocycles. The van der Waals surface area contributed by atoms with E-state index in [0.717, 1.165) is 22.5 Å². The van der Waals surface area contributed by atoms with Gasteiger partial charge in [-0.15, -0.1) is 5.10 Å². The number of nitrogens with zero attached hydrogens (tertiary/aromatic N) is 4. The summed E-state index contributed by atoms with van der Waals surface area (Å²) in [5.41, 5.74) is 0.918. The fourth-order valence-corrected chi connectivity index (χ4v) is 3.00. The van der Waals surface area contributed by atoms with Crippen LogP contribution >= 0.6 is 15.9 Å². The van der Waals surface area contributed by atoms with Crippen molar-refractivity contribution in [3.8, 4) is 0 Å². The lowest BCUT2D eigenvalue weighted by Gasteiger charge is -2.32.